The number of aliphatic imine (C=N–C) groups is 1. The maximum Gasteiger partial charge on any atom is 0.326 e. The van der Waals surface area contributed by atoms with Gasteiger partial charge in [0, 0.05) is 35.1 Å². The molecular formula is C33H46Cl2N4O4. The highest BCUT2D eigenvalue weighted by Crippen LogP contribution is 2.37. The minimum atomic E-state index is -0.599. The van der Waals surface area contributed by atoms with Gasteiger partial charge in [-0.1, -0.05) is 69.8 Å². The maximum atomic E-state index is 12.7. The van der Waals surface area contributed by atoms with Crippen LogP contribution in [0.3, 0.4) is 0 Å². The van der Waals surface area contributed by atoms with Crippen molar-refractivity contribution in [2.45, 2.75) is 72.6 Å². The van der Waals surface area contributed by atoms with Gasteiger partial charge in [-0.2, -0.15) is 5.90 Å². The normalized spacial score (nSPS) is 15.9. The van der Waals surface area contributed by atoms with E-state index < -0.39 is 5.97 Å². The number of nitrogens with one attached hydrogen (secondary N) is 1. The molecule has 0 atom stereocenters. The van der Waals surface area contributed by atoms with Crippen LogP contribution in [0.1, 0.15) is 82.1 Å². The highest BCUT2D eigenvalue weighted by Gasteiger charge is 2.27. The summed E-state index contributed by atoms with van der Waals surface area (Å²) in [6, 6.07) is 7.03. The van der Waals surface area contributed by atoms with Crippen LogP contribution >= 0.6 is 23.2 Å². The number of hydrogen-bond donors (Lipinski definition) is 2. The number of terminal acetylenes is 1. The molecule has 0 radical (unpaired) electrons. The molecule has 1 saturated carbocycles. The van der Waals surface area contributed by atoms with Crippen molar-refractivity contribution in [3.8, 4) is 12.8 Å². The van der Waals surface area contributed by atoms with E-state index in [0.29, 0.717) is 40.3 Å². The minimum Gasteiger partial charge on any atom is -0.373 e. The molecule has 1 aromatic carbocycles. The summed E-state index contributed by atoms with van der Waals surface area (Å²) < 4.78 is 0. The first-order valence-corrected chi connectivity index (χ1v) is 15.4. The number of carbonyl (C=O) groups excluding carboxylic acids is 3. The third-order valence-corrected chi connectivity index (χ3v) is 7.54. The Labute approximate surface area is 267 Å². The molecule has 1 heterocycles. The first kappa shape index (κ1) is 37.9. The molecule has 2 amide bonds. The van der Waals surface area contributed by atoms with Crippen molar-refractivity contribution in [1.29, 1.82) is 0 Å². The number of halogens is 2. The van der Waals surface area contributed by atoms with Gasteiger partial charge >= 0.3 is 5.97 Å². The van der Waals surface area contributed by atoms with E-state index in [0.717, 1.165) is 11.5 Å². The number of alkyl halides is 1. The lowest BCUT2D eigenvalue weighted by molar-refractivity contribution is -0.144. The van der Waals surface area contributed by atoms with Gasteiger partial charge in [0.1, 0.15) is 12.4 Å². The molecule has 43 heavy (non-hydrogen) atoms. The molecule has 2 aliphatic rings. The van der Waals surface area contributed by atoms with Crippen molar-refractivity contribution in [2.75, 3.05) is 25.6 Å². The molecule has 0 unspecified atom stereocenters. The number of allylic oxidation sites excluding steroid dienone is 3. The molecular weight excluding hydrogens is 587 g/mol. The van der Waals surface area contributed by atoms with E-state index in [1.54, 1.807) is 36.1 Å². The van der Waals surface area contributed by atoms with Crippen LogP contribution in [0.4, 0.5) is 0 Å². The number of hydrogen-bond acceptors (Lipinski definition) is 6. The number of benzene rings is 1. The summed E-state index contributed by atoms with van der Waals surface area (Å²) in [4.78, 5) is 45.7. The van der Waals surface area contributed by atoms with Crippen molar-refractivity contribution in [3.63, 3.8) is 0 Å². The van der Waals surface area contributed by atoms with E-state index in [4.69, 9.17) is 29.1 Å². The van der Waals surface area contributed by atoms with Gasteiger partial charge in [-0.05, 0) is 61.3 Å². The number of nitrogens with two attached hydrogens (primary N) is 1. The first-order chi connectivity index (χ1) is 20.5. The molecule has 10 heteroatoms. The summed E-state index contributed by atoms with van der Waals surface area (Å²) in [5.41, 5.74) is 2.97. The number of rotatable bonds is 10. The fraction of sp³-hybridized carbons (Fsp3) is 0.515. The fourth-order valence-electron chi connectivity index (χ4n) is 4.84. The maximum absolute atomic E-state index is 12.7. The number of nitrogens with zero attached hydrogens (tertiary/aromatic N) is 2. The quantitative estimate of drug-likeness (QED) is 0.138. The Morgan fingerprint density at radius 1 is 1.16 bits per heavy atom. The van der Waals surface area contributed by atoms with Crippen LogP contribution in [0.15, 0.2) is 52.0 Å². The average Bonchev–Trinajstić information content (AvgIpc) is 3.36. The summed E-state index contributed by atoms with van der Waals surface area (Å²) in [6.45, 7) is 9.74. The molecule has 0 spiro atoms. The lowest BCUT2D eigenvalue weighted by atomic mass is 9.72. The van der Waals surface area contributed by atoms with Crippen LogP contribution in [0.2, 0.25) is 0 Å². The van der Waals surface area contributed by atoms with Gasteiger partial charge < -0.3 is 15.1 Å². The molecule has 1 aliphatic carbocycles. The van der Waals surface area contributed by atoms with Crippen molar-refractivity contribution in [1.82, 2.24) is 10.2 Å². The van der Waals surface area contributed by atoms with Gasteiger partial charge in [0.15, 0.2) is 0 Å². The summed E-state index contributed by atoms with van der Waals surface area (Å²) in [5.74, 6) is 4.93. The molecule has 1 fully saturated rings. The third kappa shape index (κ3) is 13.8. The van der Waals surface area contributed by atoms with Crippen LogP contribution in [0.25, 0.3) is 0 Å². The Hall–Kier alpha value is -3.12. The molecule has 0 aromatic heterocycles. The molecule has 0 saturated heterocycles. The number of amides is 2. The second-order valence-electron chi connectivity index (χ2n) is 11.4. The van der Waals surface area contributed by atoms with E-state index in [2.05, 4.69) is 48.8 Å². The smallest absolute Gasteiger partial charge is 0.326 e. The summed E-state index contributed by atoms with van der Waals surface area (Å²) in [7, 11) is 0. The second kappa shape index (κ2) is 20.0. The monoisotopic (exact) mass is 632 g/mol. The van der Waals surface area contributed by atoms with Crippen LogP contribution in [-0.2, 0) is 20.8 Å². The van der Waals surface area contributed by atoms with Gasteiger partial charge in [0.2, 0.25) is 0 Å². The standard InChI is InChI=1S/C21H24Cl2N4O4.C10H20.C2H2/c1-14(23)12-17(6-9-22)19-21(30)27(13-26-19)11-8-15-2-4-16(5-3-15)20(29)25-10-7-18(28)31-24;1-10(2,3)9-7-5-4-6-8-9;1-2/h2-6,12H,7-11,13,24H2,1H3,(H,25,29);9H,4-8H2,1-3H3;1-2H/b14-12+,17-6+;;. The molecule has 0 bridgehead atoms. The Kier molecular flexibility index (Phi) is 17.6. The lowest BCUT2D eigenvalue weighted by Crippen LogP contribution is -2.32. The Morgan fingerprint density at radius 3 is 2.30 bits per heavy atom. The topological polar surface area (TPSA) is 114 Å². The van der Waals surface area contributed by atoms with Gasteiger partial charge in [0.05, 0.1) is 6.42 Å². The van der Waals surface area contributed by atoms with Crippen molar-refractivity contribution >= 4 is 46.7 Å². The zero-order chi connectivity index (χ0) is 32.4. The van der Waals surface area contributed by atoms with Crippen LogP contribution in [-0.4, -0.2) is 54.0 Å². The number of carbonyl (C=O) groups is 3. The van der Waals surface area contributed by atoms with E-state index in [-0.39, 0.29) is 37.3 Å². The van der Waals surface area contributed by atoms with E-state index >= 15 is 0 Å². The van der Waals surface area contributed by atoms with Gasteiger partial charge in [0.25, 0.3) is 11.8 Å². The molecule has 1 aliphatic heterocycles. The molecule has 3 N–H and O–H groups in total. The Morgan fingerprint density at radius 2 is 1.79 bits per heavy atom. The van der Waals surface area contributed by atoms with Gasteiger partial charge in [-0.25, -0.2) is 0 Å². The fourth-order valence-corrected chi connectivity index (χ4v) is 5.12. The van der Waals surface area contributed by atoms with E-state index in [9.17, 15) is 14.4 Å². The largest absolute Gasteiger partial charge is 0.373 e. The summed E-state index contributed by atoms with van der Waals surface area (Å²) in [6.07, 6.45) is 19.4. The van der Waals surface area contributed by atoms with E-state index in [1.165, 1.54) is 32.1 Å². The van der Waals surface area contributed by atoms with Crippen LogP contribution in [0.5, 0.6) is 0 Å². The summed E-state index contributed by atoms with van der Waals surface area (Å²) >= 11 is 11.7. The van der Waals surface area contributed by atoms with Crippen LogP contribution < -0.4 is 11.2 Å². The predicted octanol–water partition coefficient (Wildman–Crippen LogP) is 6.18. The Bertz CT molecular complexity index is 1160. The highest BCUT2D eigenvalue weighted by molar-refractivity contribution is 6.47. The zero-order valence-electron chi connectivity index (χ0n) is 25.8. The van der Waals surface area contributed by atoms with Gasteiger partial charge in [-0.15, -0.1) is 24.4 Å². The first-order valence-electron chi connectivity index (χ1n) is 14.5. The minimum absolute atomic E-state index is 0.00368. The van der Waals surface area contributed by atoms with Gasteiger partial charge in [-0.3, -0.25) is 19.4 Å². The second-order valence-corrected chi connectivity index (χ2v) is 12.3. The molecule has 1 aromatic rings. The third-order valence-electron chi connectivity index (χ3n) is 7.28. The highest BCUT2D eigenvalue weighted by atomic mass is 35.5. The van der Waals surface area contributed by atoms with Crippen LogP contribution in [0, 0.1) is 24.2 Å². The SMILES string of the molecule is C#C.C/C(Cl)=C\C(=C/CCl)C1=NCN(CCc2ccc(C(=O)NCCC(=O)ON)cc2)C1=O.CC(C)(C)C1CCCCC1. The molecule has 8 nitrogen and oxygen atoms in total. The molecule has 236 valence electrons. The zero-order valence-corrected chi connectivity index (χ0v) is 27.3. The van der Waals surface area contributed by atoms with Crippen molar-refractivity contribution < 1.29 is 19.2 Å². The summed E-state index contributed by atoms with van der Waals surface area (Å²) in [5, 5.41) is 3.15. The average molecular weight is 634 g/mol. The predicted molar refractivity (Wildman–Crippen MR) is 176 cm³/mol. The van der Waals surface area contributed by atoms with Crippen molar-refractivity contribution in [3.05, 3.63) is 58.1 Å². The Balaban J connectivity index is 0.000000644. The molecule has 3 rings (SSSR count). The van der Waals surface area contributed by atoms with Crippen molar-refractivity contribution in [2.24, 2.45) is 22.2 Å². The lowest BCUT2D eigenvalue weighted by Gasteiger charge is -2.33. The van der Waals surface area contributed by atoms with E-state index in [1.807, 2.05) is 12.1 Å².